The van der Waals surface area contributed by atoms with E-state index in [1.54, 1.807) is 0 Å². The van der Waals surface area contributed by atoms with Crippen LogP contribution in [0.1, 0.15) is 26.3 Å². The van der Waals surface area contributed by atoms with Gasteiger partial charge in [0.15, 0.2) is 0 Å². The molecule has 90 valence electrons. The normalized spacial score (nSPS) is 15.1. The van der Waals surface area contributed by atoms with Crippen LogP contribution in [0.15, 0.2) is 24.3 Å². The van der Waals surface area contributed by atoms with Crippen molar-refractivity contribution in [2.45, 2.75) is 26.3 Å². The molecule has 0 radical (unpaired) electrons. The van der Waals surface area contributed by atoms with Crippen LogP contribution < -0.4 is 5.32 Å². The summed E-state index contributed by atoms with van der Waals surface area (Å²) in [6, 6.07) is 7.60. The third kappa shape index (κ3) is 3.48. The zero-order valence-corrected chi connectivity index (χ0v) is 10.9. The van der Waals surface area contributed by atoms with Gasteiger partial charge >= 0.3 is 0 Å². The number of aliphatic hydroxyl groups excluding tert-OH is 1. The average Bonchev–Trinajstić information content (AvgIpc) is 2.27. The second kappa shape index (κ2) is 5.67. The largest absolute Gasteiger partial charge is 0.394 e. The van der Waals surface area contributed by atoms with Crippen LogP contribution in [-0.4, -0.2) is 18.3 Å². The van der Waals surface area contributed by atoms with Crippen molar-refractivity contribution in [1.29, 1.82) is 0 Å². The topological polar surface area (TPSA) is 32.3 Å². The van der Waals surface area contributed by atoms with Crippen molar-refractivity contribution in [3.8, 4) is 0 Å². The Labute approximate surface area is 103 Å². The van der Waals surface area contributed by atoms with Gasteiger partial charge in [-0.2, -0.15) is 0 Å². The van der Waals surface area contributed by atoms with Crippen LogP contribution in [0.25, 0.3) is 0 Å². The zero-order valence-electron chi connectivity index (χ0n) is 10.1. The monoisotopic (exact) mass is 241 g/mol. The summed E-state index contributed by atoms with van der Waals surface area (Å²) in [5.74, 6) is 0.554. The SMILES string of the molecule is CC(C)CNC(C)(CO)c1ccc(Cl)cc1. The smallest absolute Gasteiger partial charge is 0.0652 e. The van der Waals surface area contributed by atoms with E-state index in [-0.39, 0.29) is 6.61 Å². The molecule has 1 unspecified atom stereocenters. The van der Waals surface area contributed by atoms with Crippen LogP contribution in [-0.2, 0) is 5.54 Å². The van der Waals surface area contributed by atoms with Gasteiger partial charge in [0, 0.05) is 5.02 Å². The van der Waals surface area contributed by atoms with Crippen molar-refractivity contribution >= 4 is 11.6 Å². The van der Waals surface area contributed by atoms with Crippen molar-refractivity contribution in [3.05, 3.63) is 34.9 Å². The van der Waals surface area contributed by atoms with Gasteiger partial charge in [0.25, 0.3) is 0 Å². The van der Waals surface area contributed by atoms with Gasteiger partial charge in [0.1, 0.15) is 0 Å². The predicted octanol–water partition coefficient (Wildman–Crippen LogP) is 2.79. The van der Waals surface area contributed by atoms with Crippen molar-refractivity contribution in [2.75, 3.05) is 13.2 Å². The molecule has 0 aromatic heterocycles. The summed E-state index contributed by atoms with van der Waals surface area (Å²) >= 11 is 5.85. The molecule has 1 aromatic rings. The predicted molar refractivity (Wildman–Crippen MR) is 68.7 cm³/mol. The maximum atomic E-state index is 9.53. The minimum atomic E-state index is -0.394. The lowest BCUT2D eigenvalue weighted by atomic mass is 9.92. The molecule has 1 rings (SSSR count). The highest BCUT2D eigenvalue weighted by Gasteiger charge is 2.24. The lowest BCUT2D eigenvalue weighted by molar-refractivity contribution is 0.171. The number of halogens is 1. The van der Waals surface area contributed by atoms with Crippen LogP contribution in [0.4, 0.5) is 0 Å². The maximum Gasteiger partial charge on any atom is 0.0652 e. The summed E-state index contributed by atoms with van der Waals surface area (Å²) in [7, 11) is 0. The average molecular weight is 242 g/mol. The lowest BCUT2D eigenvalue weighted by Crippen LogP contribution is -2.44. The van der Waals surface area contributed by atoms with Crippen LogP contribution in [0.2, 0.25) is 5.02 Å². The Morgan fingerprint density at radius 3 is 2.31 bits per heavy atom. The number of benzene rings is 1. The molecular weight excluding hydrogens is 222 g/mol. The van der Waals surface area contributed by atoms with E-state index in [1.807, 2.05) is 31.2 Å². The summed E-state index contributed by atoms with van der Waals surface area (Å²) in [6.45, 7) is 7.24. The molecule has 0 aliphatic heterocycles. The quantitative estimate of drug-likeness (QED) is 0.831. The number of rotatable bonds is 5. The fourth-order valence-corrected chi connectivity index (χ4v) is 1.62. The molecule has 2 nitrogen and oxygen atoms in total. The first kappa shape index (κ1) is 13.5. The van der Waals surface area contributed by atoms with Gasteiger partial charge in [-0.3, -0.25) is 0 Å². The summed E-state index contributed by atoms with van der Waals surface area (Å²) < 4.78 is 0. The third-order valence-electron chi connectivity index (χ3n) is 2.70. The molecule has 0 saturated heterocycles. The van der Waals surface area contributed by atoms with Gasteiger partial charge in [0.2, 0.25) is 0 Å². The van der Waals surface area contributed by atoms with Gasteiger partial charge in [-0.1, -0.05) is 37.6 Å². The molecule has 1 aromatic carbocycles. The molecule has 0 amide bonds. The molecule has 0 saturated carbocycles. The Morgan fingerprint density at radius 2 is 1.88 bits per heavy atom. The highest BCUT2D eigenvalue weighted by atomic mass is 35.5. The Morgan fingerprint density at radius 1 is 1.31 bits per heavy atom. The second-order valence-corrected chi connectivity index (χ2v) is 5.21. The number of hydrogen-bond acceptors (Lipinski definition) is 2. The van der Waals surface area contributed by atoms with E-state index in [4.69, 9.17) is 11.6 Å². The van der Waals surface area contributed by atoms with Crippen molar-refractivity contribution < 1.29 is 5.11 Å². The summed E-state index contributed by atoms with van der Waals surface area (Å²) in [4.78, 5) is 0. The van der Waals surface area contributed by atoms with Gasteiger partial charge in [-0.15, -0.1) is 0 Å². The van der Waals surface area contributed by atoms with Crippen molar-refractivity contribution in [2.24, 2.45) is 5.92 Å². The van der Waals surface area contributed by atoms with Crippen LogP contribution >= 0.6 is 11.6 Å². The number of aliphatic hydroxyl groups is 1. The van der Waals surface area contributed by atoms with Crippen molar-refractivity contribution in [3.63, 3.8) is 0 Å². The van der Waals surface area contributed by atoms with Crippen molar-refractivity contribution in [1.82, 2.24) is 5.32 Å². The minimum absolute atomic E-state index is 0.0708. The molecule has 3 heteroatoms. The number of hydrogen-bond donors (Lipinski definition) is 2. The van der Waals surface area contributed by atoms with E-state index in [1.165, 1.54) is 0 Å². The fraction of sp³-hybridized carbons (Fsp3) is 0.538. The Kier molecular flexibility index (Phi) is 4.78. The van der Waals surface area contributed by atoms with Gasteiger partial charge < -0.3 is 10.4 Å². The minimum Gasteiger partial charge on any atom is -0.394 e. The Hall–Kier alpha value is -0.570. The van der Waals surface area contributed by atoms with E-state index in [0.29, 0.717) is 10.9 Å². The number of nitrogens with one attached hydrogen (secondary N) is 1. The summed E-state index contributed by atoms with van der Waals surface area (Å²) in [5, 5.41) is 13.6. The first-order chi connectivity index (χ1) is 7.48. The first-order valence-electron chi connectivity index (χ1n) is 5.60. The highest BCUT2D eigenvalue weighted by molar-refractivity contribution is 6.30. The van der Waals surface area contributed by atoms with E-state index < -0.39 is 5.54 Å². The van der Waals surface area contributed by atoms with E-state index in [9.17, 15) is 5.11 Å². The van der Waals surface area contributed by atoms with Crippen LogP contribution in [0.5, 0.6) is 0 Å². The highest BCUT2D eigenvalue weighted by Crippen LogP contribution is 2.22. The van der Waals surface area contributed by atoms with Gasteiger partial charge in [-0.25, -0.2) is 0 Å². The molecule has 0 bridgehead atoms. The molecule has 1 atom stereocenters. The van der Waals surface area contributed by atoms with Gasteiger partial charge in [0.05, 0.1) is 12.1 Å². The lowest BCUT2D eigenvalue weighted by Gasteiger charge is -2.30. The zero-order chi connectivity index (χ0) is 12.2. The molecule has 0 aliphatic rings. The van der Waals surface area contributed by atoms with Gasteiger partial charge in [-0.05, 0) is 37.1 Å². The summed E-state index contributed by atoms with van der Waals surface area (Å²) in [5.41, 5.74) is 0.662. The Bertz CT molecular complexity index is 323. The maximum absolute atomic E-state index is 9.53. The van der Waals surface area contributed by atoms with E-state index in [2.05, 4.69) is 19.2 Å². The third-order valence-corrected chi connectivity index (χ3v) is 2.95. The molecule has 2 N–H and O–H groups in total. The summed E-state index contributed by atoms with van der Waals surface area (Å²) in [6.07, 6.45) is 0. The van der Waals surface area contributed by atoms with Crippen LogP contribution in [0, 0.1) is 5.92 Å². The first-order valence-corrected chi connectivity index (χ1v) is 5.97. The molecule has 0 fully saturated rings. The molecule has 0 heterocycles. The molecule has 16 heavy (non-hydrogen) atoms. The Balaban J connectivity index is 2.82. The second-order valence-electron chi connectivity index (χ2n) is 4.77. The molecular formula is C13H20ClNO. The molecule has 0 aliphatic carbocycles. The van der Waals surface area contributed by atoms with E-state index in [0.717, 1.165) is 12.1 Å². The van der Waals surface area contributed by atoms with E-state index >= 15 is 0 Å². The fourth-order valence-electron chi connectivity index (χ4n) is 1.50. The molecule has 0 spiro atoms. The standard InChI is InChI=1S/C13H20ClNO/c1-10(2)8-15-13(3,9-16)11-4-6-12(14)7-5-11/h4-7,10,15-16H,8-9H2,1-3H3. The van der Waals surface area contributed by atoms with Crippen LogP contribution in [0.3, 0.4) is 0 Å².